The van der Waals surface area contributed by atoms with Crippen molar-refractivity contribution in [2.24, 2.45) is 20.2 Å². The van der Waals surface area contributed by atoms with E-state index in [9.17, 15) is 0 Å². The second-order valence-corrected chi connectivity index (χ2v) is 10.0. The van der Waals surface area contributed by atoms with Crippen LogP contribution in [0.2, 0.25) is 0 Å². The molecule has 190 valence electrons. The maximum absolute atomic E-state index is 4.51. The summed E-state index contributed by atoms with van der Waals surface area (Å²) in [5, 5.41) is 20.1. The number of hydrogen-bond donors (Lipinski definition) is 4. The van der Waals surface area contributed by atoms with E-state index in [2.05, 4.69) is 93.6 Å². The lowest BCUT2D eigenvalue weighted by atomic mass is 9.92. The molecule has 3 aromatic rings. The van der Waals surface area contributed by atoms with E-state index in [-0.39, 0.29) is 35.9 Å². The Labute approximate surface area is 223 Å². The molecular weight excluding hydrogens is 495 g/mol. The number of halogens is 2. The third-order valence-electron chi connectivity index (χ3n) is 5.92. The fraction of sp³-hybridized carbons (Fsp3) is 0.308. The van der Waals surface area contributed by atoms with Gasteiger partial charge in [0.25, 0.3) is 0 Å². The Morgan fingerprint density at radius 3 is 1.28 bits per heavy atom. The van der Waals surface area contributed by atoms with Crippen LogP contribution in [0.3, 0.4) is 0 Å². The number of nitrogens with one attached hydrogen (secondary N) is 4. The third kappa shape index (κ3) is 5.71. The first-order valence-corrected chi connectivity index (χ1v) is 11.5. The van der Waals surface area contributed by atoms with Crippen molar-refractivity contribution >= 4 is 70.7 Å². The largest absolute Gasteiger partial charge is 0.348 e. The Hall–Kier alpha value is -3.36. The summed E-state index contributed by atoms with van der Waals surface area (Å²) in [6.45, 7) is 9.89. The van der Waals surface area contributed by atoms with E-state index in [0.717, 1.165) is 45.8 Å². The van der Waals surface area contributed by atoms with Crippen LogP contribution in [0.4, 0.5) is 0 Å². The van der Waals surface area contributed by atoms with Crippen LogP contribution >= 0.6 is 24.8 Å². The van der Waals surface area contributed by atoms with Gasteiger partial charge in [0.15, 0.2) is 0 Å². The second kappa shape index (κ2) is 10.7. The number of guanidine groups is 2. The van der Waals surface area contributed by atoms with E-state index in [0.29, 0.717) is 11.9 Å². The number of aliphatic imine (C=N–C) groups is 2. The Morgan fingerprint density at radius 2 is 1.00 bits per heavy atom. The summed E-state index contributed by atoms with van der Waals surface area (Å²) in [6, 6.07) is 16.7. The topological polar surface area (TPSA) is 97.6 Å². The quantitative estimate of drug-likeness (QED) is 0.233. The molecule has 0 bridgehead atoms. The van der Waals surface area contributed by atoms with Gasteiger partial charge in [-0.1, -0.05) is 48.5 Å². The Bertz CT molecular complexity index is 1210. The molecule has 0 saturated heterocycles. The molecule has 8 nitrogen and oxygen atoms in total. The van der Waals surface area contributed by atoms with Gasteiger partial charge >= 0.3 is 0 Å². The van der Waals surface area contributed by atoms with Crippen LogP contribution in [0, 0.1) is 0 Å². The fourth-order valence-corrected chi connectivity index (χ4v) is 4.27. The van der Waals surface area contributed by atoms with Gasteiger partial charge in [-0.05, 0) is 49.2 Å². The SMILES string of the molecule is CC1(C)CN=C(N/N=C/c2c3ccccc3c(/C=N/NC3=NCC(C)(C)N3)c3ccccc23)N1.Cl.Cl. The zero-order valence-electron chi connectivity index (χ0n) is 20.8. The first-order valence-electron chi connectivity index (χ1n) is 11.5. The minimum atomic E-state index is -0.0540. The monoisotopic (exact) mass is 526 g/mol. The van der Waals surface area contributed by atoms with Crippen molar-refractivity contribution in [3.8, 4) is 0 Å². The van der Waals surface area contributed by atoms with Crippen LogP contribution in [0.1, 0.15) is 38.8 Å². The Kier molecular flexibility index (Phi) is 8.11. The smallest absolute Gasteiger partial charge is 0.212 e. The normalized spacial score (nSPS) is 17.8. The average Bonchev–Trinajstić information content (AvgIpc) is 3.34. The summed E-state index contributed by atoms with van der Waals surface area (Å²) < 4.78 is 0. The number of hydrazone groups is 2. The third-order valence-corrected chi connectivity index (χ3v) is 5.92. The highest BCUT2D eigenvalue weighted by Gasteiger charge is 2.25. The summed E-state index contributed by atoms with van der Waals surface area (Å²) in [6.07, 6.45) is 3.75. The van der Waals surface area contributed by atoms with Crippen molar-refractivity contribution in [3.63, 3.8) is 0 Å². The van der Waals surface area contributed by atoms with Gasteiger partial charge in [0, 0.05) is 11.1 Å². The lowest BCUT2D eigenvalue weighted by molar-refractivity contribution is 0.502. The molecule has 0 aromatic heterocycles. The second-order valence-electron chi connectivity index (χ2n) is 10.0. The van der Waals surface area contributed by atoms with E-state index in [1.54, 1.807) is 0 Å². The van der Waals surface area contributed by atoms with Crippen molar-refractivity contribution in [3.05, 3.63) is 59.7 Å². The lowest BCUT2D eigenvalue weighted by Gasteiger charge is -2.17. The van der Waals surface area contributed by atoms with E-state index < -0.39 is 0 Å². The van der Waals surface area contributed by atoms with Crippen molar-refractivity contribution in [2.45, 2.75) is 38.8 Å². The molecule has 3 aromatic carbocycles. The zero-order valence-corrected chi connectivity index (χ0v) is 22.4. The van der Waals surface area contributed by atoms with Crippen molar-refractivity contribution < 1.29 is 0 Å². The maximum atomic E-state index is 4.51. The minimum Gasteiger partial charge on any atom is -0.348 e. The molecule has 0 spiro atoms. The molecule has 2 heterocycles. The van der Waals surface area contributed by atoms with Gasteiger partial charge in [-0.3, -0.25) is 0 Å². The molecule has 2 aliphatic rings. The van der Waals surface area contributed by atoms with E-state index in [1.807, 2.05) is 36.7 Å². The predicted molar refractivity (Wildman–Crippen MR) is 156 cm³/mol. The van der Waals surface area contributed by atoms with E-state index >= 15 is 0 Å². The van der Waals surface area contributed by atoms with Gasteiger partial charge in [0.2, 0.25) is 11.9 Å². The molecule has 5 rings (SSSR count). The molecule has 4 N–H and O–H groups in total. The molecule has 36 heavy (non-hydrogen) atoms. The summed E-state index contributed by atoms with van der Waals surface area (Å²) in [7, 11) is 0. The van der Waals surface area contributed by atoms with Crippen LogP contribution in [0.5, 0.6) is 0 Å². The standard InChI is InChI=1S/C26H30N8.2ClH/c1-25(2)15-27-23(31-25)33-29-13-21-17-9-5-7-11-19(17)22(20-12-8-6-10-18(20)21)14-30-34-24-28-16-26(3,4)32-24;;/h5-14H,15-16H2,1-4H3,(H2,27,31,33)(H2,28,32,34);2*1H/b29-13+,30-14+;;. The number of nitrogens with zero attached hydrogens (tertiary/aromatic N) is 4. The molecule has 0 fully saturated rings. The highest BCUT2D eigenvalue weighted by atomic mass is 35.5. The molecule has 0 radical (unpaired) electrons. The lowest BCUT2D eigenvalue weighted by Crippen LogP contribution is -2.43. The Balaban J connectivity index is 0.00000180. The summed E-state index contributed by atoms with van der Waals surface area (Å²) in [5.41, 5.74) is 8.09. The molecule has 0 saturated carbocycles. The molecule has 2 aliphatic heterocycles. The zero-order chi connectivity index (χ0) is 23.8. The highest BCUT2D eigenvalue weighted by Crippen LogP contribution is 2.31. The summed E-state index contributed by atoms with van der Waals surface area (Å²) in [4.78, 5) is 8.95. The highest BCUT2D eigenvalue weighted by molar-refractivity contribution is 6.21. The van der Waals surface area contributed by atoms with Crippen LogP contribution < -0.4 is 21.5 Å². The number of benzene rings is 3. The van der Waals surface area contributed by atoms with E-state index in [4.69, 9.17) is 0 Å². The summed E-state index contributed by atoms with van der Waals surface area (Å²) in [5.74, 6) is 1.38. The minimum absolute atomic E-state index is 0. The first kappa shape index (κ1) is 27.2. The number of fused-ring (bicyclic) bond motifs is 2. The van der Waals surface area contributed by atoms with Gasteiger partial charge in [0.05, 0.1) is 36.6 Å². The van der Waals surface area contributed by atoms with Gasteiger partial charge < -0.3 is 10.6 Å². The van der Waals surface area contributed by atoms with Crippen LogP contribution in [-0.4, -0.2) is 48.5 Å². The van der Waals surface area contributed by atoms with Crippen molar-refractivity contribution in [1.82, 2.24) is 21.5 Å². The molecule has 0 atom stereocenters. The Morgan fingerprint density at radius 1 is 0.667 bits per heavy atom. The molecule has 0 amide bonds. The predicted octanol–water partition coefficient (Wildman–Crippen LogP) is 4.16. The molecule has 10 heteroatoms. The number of rotatable bonds is 4. The fourth-order valence-electron chi connectivity index (χ4n) is 4.27. The average molecular weight is 528 g/mol. The van der Waals surface area contributed by atoms with Gasteiger partial charge in [-0.25, -0.2) is 20.8 Å². The molecule has 0 aliphatic carbocycles. The van der Waals surface area contributed by atoms with Gasteiger partial charge in [-0.2, -0.15) is 10.2 Å². The van der Waals surface area contributed by atoms with Crippen LogP contribution in [-0.2, 0) is 0 Å². The van der Waals surface area contributed by atoms with E-state index in [1.165, 1.54) is 0 Å². The first-order chi connectivity index (χ1) is 16.3. The van der Waals surface area contributed by atoms with Crippen molar-refractivity contribution in [1.29, 1.82) is 0 Å². The molecular formula is C26H32Cl2N8. The van der Waals surface area contributed by atoms with Gasteiger partial charge in [-0.15, -0.1) is 24.8 Å². The van der Waals surface area contributed by atoms with Gasteiger partial charge in [0.1, 0.15) is 0 Å². The number of hydrogen-bond acceptors (Lipinski definition) is 8. The maximum Gasteiger partial charge on any atom is 0.212 e. The molecule has 0 unspecified atom stereocenters. The van der Waals surface area contributed by atoms with Crippen LogP contribution in [0.25, 0.3) is 21.5 Å². The van der Waals surface area contributed by atoms with Crippen LogP contribution in [0.15, 0.2) is 68.7 Å². The summed E-state index contributed by atoms with van der Waals surface area (Å²) >= 11 is 0. The van der Waals surface area contributed by atoms with Crippen molar-refractivity contribution in [2.75, 3.05) is 13.1 Å².